The molecule has 0 aliphatic rings. The first kappa shape index (κ1) is 31.0. The Kier molecular flexibility index (Phi) is 18.8. The van der Waals surface area contributed by atoms with Crippen LogP contribution in [0.3, 0.4) is 0 Å². The summed E-state index contributed by atoms with van der Waals surface area (Å²) in [6.07, 6.45) is 7.66. The van der Waals surface area contributed by atoms with Crippen molar-refractivity contribution in [2.24, 2.45) is 0 Å². The normalized spacial score (nSPS) is 13.5. The second-order valence-corrected chi connectivity index (χ2v) is 8.97. The minimum Gasteiger partial charge on any atom is -0.454 e. The van der Waals surface area contributed by atoms with Crippen molar-refractivity contribution in [3.8, 4) is 0 Å². The molecule has 190 valence electrons. The van der Waals surface area contributed by atoms with Gasteiger partial charge in [0.2, 0.25) is 0 Å². The van der Waals surface area contributed by atoms with Crippen molar-refractivity contribution in [2.45, 2.75) is 103 Å². The molecule has 0 radical (unpaired) electrons. The Labute approximate surface area is 191 Å². The van der Waals surface area contributed by atoms with E-state index in [9.17, 15) is 19.3 Å². The first-order chi connectivity index (χ1) is 15.2. The highest BCUT2D eigenvalue weighted by molar-refractivity contribution is 7.46. The van der Waals surface area contributed by atoms with Gasteiger partial charge in [-0.3, -0.25) is 19.4 Å². The quantitative estimate of drug-likeness (QED) is 0.0829. The number of unbranched alkanes of at least 4 members (excludes halogenated alkanes) is 8. The third-order valence-corrected chi connectivity index (χ3v) is 5.25. The summed E-state index contributed by atoms with van der Waals surface area (Å²) < 4.78 is 25.8. The molecule has 1 unspecified atom stereocenters. The van der Waals surface area contributed by atoms with Crippen LogP contribution in [-0.2, 0) is 28.2 Å². The van der Waals surface area contributed by atoms with Gasteiger partial charge in [0.1, 0.15) is 0 Å². The zero-order valence-corrected chi connectivity index (χ0v) is 20.4. The van der Waals surface area contributed by atoms with E-state index in [1.807, 2.05) is 0 Å². The van der Waals surface area contributed by atoms with Crippen LogP contribution < -0.4 is 5.32 Å². The van der Waals surface area contributed by atoms with Crippen molar-refractivity contribution in [2.75, 3.05) is 19.8 Å². The SMILES string of the molecule is CCCCCCCC(=O)OC(NCCOP(=O)(O)O)[C@H](CO)OC(=O)CCCCCCC. The summed E-state index contributed by atoms with van der Waals surface area (Å²) in [7, 11) is -4.63. The molecule has 0 aromatic heterocycles. The lowest BCUT2D eigenvalue weighted by Gasteiger charge is -2.26. The molecule has 10 nitrogen and oxygen atoms in total. The Morgan fingerprint density at radius 1 is 0.844 bits per heavy atom. The van der Waals surface area contributed by atoms with Gasteiger partial charge < -0.3 is 24.4 Å². The van der Waals surface area contributed by atoms with E-state index in [1.165, 1.54) is 0 Å². The highest BCUT2D eigenvalue weighted by atomic mass is 31.2. The molecule has 0 amide bonds. The smallest absolute Gasteiger partial charge is 0.454 e. The minimum absolute atomic E-state index is 0.0926. The molecule has 0 spiro atoms. The van der Waals surface area contributed by atoms with E-state index >= 15 is 0 Å². The van der Waals surface area contributed by atoms with Gasteiger partial charge in [0.25, 0.3) is 0 Å². The lowest BCUT2D eigenvalue weighted by molar-refractivity contribution is -0.174. The van der Waals surface area contributed by atoms with Crippen LogP contribution in [-0.4, -0.2) is 58.9 Å². The second-order valence-electron chi connectivity index (χ2n) is 7.73. The zero-order chi connectivity index (χ0) is 24.2. The molecule has 0 saturated heterocycles. The molecule has 11 heteroatoms. The average Bonchev–Trinajstić information content (AvgIpc) is 2.73. The lowest BCUT2D eigenvalue weighted by Crippen LogP contribution is -2.48. The lowest BCUT2D eigenvalue weighted by atomic mass is 10.1. The van der Waals surface area contributed by atoms with Crippen LogP contribution in [0.1, 0.15) is 90.9 Å². The Balaban J connectivity index is 4.71. The average molecular weight is 484 g/mol. The number of carbonyl (C=O) groups is 2. The second kappa shape index (κ2) is 19.4. The number of carbonyl (C=O) groups excluding carboxylic acids is 2. The molecule has 0 heterocycles. The third kappa shape index (κ3) is 18.5. The molecule has 0 rings (SSSR count). The Hall–Kier alpha value is -1.03. The number of aliphatic hydroxyl groups is 1. The predicted octanol–water partition coefficient (Wildman–Crippen LogP) is 3.18. The molecule has 0 aliphatic heterocycles. The molecule has 4 N–H and O–H groups in total. The molecule has 0 aromatic carbocycles. The number of aliphatic hydroxyl groups excluding tert-OH is 1. The molecule has 0 fully saturated rings. The molecule has 0 aliphatic carbocycles. The van der Waals surface area contributed by atoms with E-state index in [1.54, 1.807) is 0 Å². The summed E-state index contributed by atoms with van der Waals surface area (Å²) in [6, 6.07) is 0. The fourth-order valence-electron chi connectivity index (χ4n) is 2.98. The Morgan fingerprint density at radius 3 is 1.81 bits per heavy atom. The fraction of sp³-hybridized carbons (Fsp3) is 0.905. The Bertz CT molecular complexity index is 541. The van der Waals surface area contributed by atoms with Crippen LogP contribution in [0.2, 0.25) is 0 Å². The first-order valence-electron chi connectivity index (χ1n) is 11.7. The van der Waals surface area contributed by atoms with Gasteiger partial charge in [0.05, 0.1) is 13.2 Å². The van der Waals surface area contributed by atoms with E-state index in [-0.39, 0.29) is 26.0 Å². The number of nitrogens with one attached hydrogen (secondary N) is 1. The number of esters is 2. The highest BCUT2D eigenvalue weighted by Crippen LogP contribution is 2.35. The van der Waals surface area contributed by atoms with Crippen molar-refractivity contribution < 1.29 is 43.0 Å². The third-order valence-electron chi connectivity index (χ3n) is 4.73. The van der Waals surface area contributed by atoms with Crippen LogP contribution in [0.5, 0.6) is 0 Å². The van der Waals surface area contributed by atoms with Crippen LogP contribution >= 0.6 is 7.82 Å². The number of phosphoric acid groups is 1. The largest absolute Gasteiger partial charge is 0.469 e. The molecular formula is C21H42NO9P. The summed E-state index contributed by atoms with van der Waals surface area (Å²) in [4.78, 5) is 41.9. The maximum absolute atomic E-state index is 12.2. The van der Waals surface area contributed by atoms with E-state index in [2.05, 4.69) is 23.7 Å². The first-order valence-corrected chi connectivity index (χ1v) is 13.2. The van der Waals surface area contributed by atoms with Crippen molar-refractivity contribution in [1.29, 1.82) is 0 Å². The maximum atomic E-state index is 12.2. The summed E-state index contributed by atoms with van der Waals surface area (Å²) in [5.41, 5.74) is 0. The van der Waals surface area contributed by atoms with Crippen LogP contribution in [0, 0.1) is 0 Å². The van der Waals surface area contributed by atoms with Crippen molar-refractivity contribution >= 4 is 19.8 Å². The number of rotatable bonds is 21. The molecule has 0 saturated carbocycles. The maximum Gasteiger partial charge on any atom is 0.469 e. The standard InChI is InChI=1S/C21H42NO9P/c1-3-5-7-9-11-13-19(24)30-18(17-23)21(22-15-16-29-32(26,27)28)31-20(25)14-12-10-8-6-4-2/h18,21-23H,3-17H2,1-2H3,(H2,26,27,28)/t18-,21?/m0/s1. The van der Waals surface area contributed by atoms with E-state index in [4.69, 9.17) is 19.3 Å². The number of phosphoric ester groups is 1. The van der Waals surface area contributed by atoms with Crippen molar-refractivity contribution in [3.63, 3.8) is 0 Å². The highest BCUT2D eigenvalue weighted by Gasteiger charge is 2.28. The van der Waals surface area contributed by atoms with Gasteiger partial charge in [-0.2, -0.15) is 0 Å². The molecular weight excluding hydrogens is 441 g/mol. The van der Waals surface area contributed by atoms with Gasteiger partial charge in [-0.15, -0.1) is 0 Å². The van der Waals surface area contributed by atoms with Crippen LogP contribution in [0.25, 0.3) is 0 Å². The van der Waals surface area contributed by atoms with Gasteiger partial charge in [0, 0.05) is 19.4 Å². The Morgan fingerprint density at radius 2 is 1.34 bits per heavy atom. The minimum atomic E-state index is -4.63. The van der Waals surface area contributed by atoms with Crippen molar-refractivity contribution in [1.82, 2.24) is 5.32 Å². The van der Waals surface area contributed by atoms with Crippen molar-refractivity contribution in [3.05, 3.63) is 0 Å². The topological polar surface area (TPSA) is 152 Å². The van der Waals surface area contributed by atoms with Gasteiger partial charge in [-0.25, -0.2) is 4.57 Å². The van der Waals surface area contributed by atoms with Gasteiger partial charge in [-0.1, -0.05) is 65.2 Å². The van der Waals surface area contributed by atoms with E-state index in [0.29, 0.717) is 12.8 Å². The van der Waals surface area contributed by atoms with E-state index < -0.39 is 38.7 Å². The van der Waals surface area contributed by atoms with Gasteiger partial charge >= 0.3 is 19.8 Å². The van der Waals surface area contributed by atoms with Crippen LogP contribution in [0.15, 0.2) is 0 Å². The van der Waals surface area contributed by atoms with Crippen LogP contribution in [0.4, 0.5) is 0 Å². The zero-order valence-electron chi connectivity index (χ0n) is 19.5. The summed E-state index contributed by atoms with van der Waals surface area (Å²) in [5, 5.41) is 12.4. The van der Waals surface area contributed by atoms with E-state index in [0.717, 1.165) is 51.4 Å². The summed E-state index contributed by atoms with van der Waals surface area (Å²) in [5.74, 6) is -1.02. The monoisotopic (exact) mass is 483 g/mol. The molecule has 2 atom stereocenters. The molecule has 0 bridgehead atoms. The van der Waals surface area contributed by atoms with Gasteiger partial charge in [0.15, 0.2) is 12.3 Å². The predicted molar refractivity (Wildman–Crippen MR) is 120 cm³/mol. The fourth-order valence-corrected chi connectivity index (χ4v) is 3.31. The molecule has 32 heavy (non-hydrogen) atoms. The molecule has 0 aromatic rings. The van der Waals surface area contributed by atoms with Gasteiger partial charge in [-0.05, 0) is 12.8 Å². The number of hydrogen-bond donors (Lipinski definition) is 4. The summed E-state index contributed by atoms with van der Waals surface area (Å²) >= 11 is 0. The summed E-state index contributed by atoms with van der Waals surface area (Å²) in [6.45, 7) is 3.17. The number of hydrogen-bond acceptors (Lipinski definition) is 8. The number of ether oxygens (including phenoxy) is 2.